The molecule has 0 aromatic heterocycles. The summed E-state index contributed by atoms with van der Waals surface area (Å²) in [4.78, 5) is 2.43. The van der Waals surface area contributed by atoms with Crippen LogP contribution in [0.3, 0.4) is 0 Å². The largest absolute Gasteiger partial charge is 0.377 e. The predicted molar refractivity (Wildman–Crippen MR) is 87.2 cm³/mol. The second-order valence-electron chi connectivity index (χ2n) is 5.40. The molecule has 1 aromatic rings. The third kappa shape index (κ3) is 4.71. The number of nitrogens with two attached hydrogens (primary N) is 1. The number of nitrogens with zero attached hydrogens (tertiary/aromatic N) is 1. The predicted octanol–water partition coefficient (Wildman–Crippen LogP) is 3.60. The molecule has 5 heteroatoms. The standard InChI is InChI=1S/C15H22BrClN2O/c1-11-10-19(6-2-8-20-11)7-5-15(18)13-4-3-12(16)9-14(13)17/h3-4,9,11,15H,2,5-8,10,18H2,1H3. The van der Waals surface area contributed by atoms with E-state index < -0.39 is 0 Å². The van der Waals surface area contributed by atoms with Gasteiger partial charge in [-0.25, -0.2) is 0 Å². The molecule has 1 aliphatic rings. The Hall–Kier alpha value is -0.130. The van der Waals surface area contributed by atoms with Crippen molar-refractivity contribution in [1.29, 1.82) is 0 Å². The second-order valence-corrected chi connectivity index (χ2v) is 6.72. The lowest BCUT2D eigenvalue weighted by Crippen LogP contribution is -2.32. The SMILES string of the molecule is CC1CN(CCC(N)c2ccc(Br)cc2Cl)CCCO1. The second kappa shape index (κ2) is 7.76. The van der Waals surface area contributed by atoms with Crippen molar-refractivity contribution in [1.82, 2.24) is 4.90 Å². The van der Waals surface area contributed by atoms with Crippen LogP contribution in [0, 0.1) is 0 Å². The van der Waals surface area contributed by atoms with Gasteiger partial charge in [0.15, 0.2) is 0 Å². The number of benzene rings is 1. The number of hydrogen-bond donors (Lipinski definition) is 1. The highest BCUT2D eigenvalue weighted by Gasteiger charge is 2.17. The number of ether oxygens (including phenoxy) is 1. The van der Waals surface area contributed by atoms with Gasteiger partial charge in [-0.15, -0.1) is 0 Å². The van der Waals surface area contributed by atoms with Crippen molar-refractivity contribution < 1.29 is 4.74 Å². The van der Waals surface area contributed by atoms with Gasteiger partial charge in [0.05, 0.1) is 6.10 Å². The molecule has 0 bridgehead atoms. The zero-order valence-corrected chi connectivity index (χ0v) is 14.2. The molecule has 1 saturated heterocycles. The van der Waals surface area contributed by atoms with Crippen LogP contribution in [0.15, 0.2) is 22.7 Å². The van der Waals surface area contributed by atoms with Gasteiger partial charge < -0.3 is 15.4 Å². The third-order valence-electron chi connectivity index (χ3n) is 3.65. The highest BCUT2D eigenvalue weighted by molar-refractivity contribution is 9.10. The Morgan fingerprint density at radius 2 is 2.35 bits per heavy atom. The third-order valence-corrected chi connectivity index (χ3v) is 4.48. The van der Waals surface area contributed by atoms with Crippen LogP contribution in [-0.4, -0.2) is 37.2 Å². The smallest absolute Gasteiger partial charge is 0.0673 e. The Morgan fingerprint density at radius 1 is 1.55 bits per heavy atom. The Kier molecular flexibility index (Phi) is 6.30. The summed E-state index contributed by atoms with van der Waals surface area (Å²) in [6.45, 7) is 6.05. The van der Waals surface area contributed by atoms with Gasteiger partial charge in [-0.1, -0.05) is 33.6 Å². The summed E-state index contributed by atoms with van der Waals surface area (Å²) in [6, 6.07) is 5.88. The molecule has 2 rings (SSSR count). The van der Waals surface area contributed by atoms with Crippen LogP contribution < -0.4 is 5.73 Å². The highest BCUT2D eigenvalue weighted by atomic mass is 79.9. The Morgan fingerprint density at radius 3 is 3.10 bits per heavy atom. The zero-order chi connectivity index (χ0) is 14.5. The summed E-state index contributed by atoms with van der Waals surface area (Å²) in [5.74, 6) is 0. The van der Waals surface area contributed by atoms with Gasteiger partial charge >= 0.3 is 0 Å². The molecule has 1 fully saturated rings. The molecule has 2 N–H and O–H groups in total. The number of hydrogen-bond acceptors (Lipinski definition) is 3. The van der Waals surface area contributed by atoms with Gasteiger partial charge in [-0.05, 0) is 37.5 Å². The van der Waals surface area contributed by atoms with Gasteiger partial charge in [0.25, 0.3) is 0 Å². The van der Waals surface area contributed by atoms with Gasteiger partial charge in [0, 0.05) is 41.8 Å². The molecule has 112 valence electrons. The fourth-order valence-corrected chi connectivity index (χ4v) is 3.38. The van der Waals surface area contributed by atoms with E-state index in [0.29, 0.717) is 6.10 Å². The minimum Gasteiger partial charge on any atom is -0.377 e. The van der Waals surface area contributed by atoms with Gasteiger partial charge in [-0.2, -0.15) is 0 Å². The maximum absolute atomic E-state index is 6.28. The molecule has 0 saturated carbocycles. The van der Waals surface area contributed by atoms with Crippen LogP contribution in [0.25, 0.3) is 0 Å². The minimum atomic E-state index is -0.0184. The molecular formula is C15H22BrClN2O. The molecule has 0 radical (unpaired) electrons. The molecular weight excluding hydrogens is 340 g/mol. The lowest BCUT2D eigenvalue weighted by Gasteiger charge is -2.23. The van der Waals surface area contributed by atoms with E-state index in [1.807, 2.05) is 18.2 Å². The molecule has 20 heavy (non-hydrogen) atoms. The van der Waals surface area contributed by atoms with E-state index in [9.17, 15) is 0 Å². The Bertz CT molecular complexity index is 444. The summed E-state index contributed by atoms with van der Waals surface area (Å²) in [5, 5.41) is 0.736. The molecule has 1 aromatic carbocycles. The average Bonchev–Trinajstić information content (AvgIpc) is 2.60. The van der Waals surface area contributed by atoms with E-state index in [0.717, 1.165) is 54.1 Å². The summed E-state index contributed by atoms with van der Waals surface area (Å²) in [6.07, 6.45) is 2.32. The molecule has 0 aliphatic carbocycles. The van der Waals surface area contributed by atoms with Crippen molar-refractivity contribution in [2.75, 3.05) is 26.2 Å². The first-order chi connectivity index (χ1) is 9.56. The van der Waals surface area contributed by atoms with Crippen molar-refractivity contribution in [3.05, 3.63) is 33.3 Å². The summed E-state index contributed by atoms with van der Waals surface area (Å²) in [7, 11) is 0. The van der Waals surface area contributed by atoms with Crippen LogP contribution in [0.5, 0.6) is 0 Å². The Labute approximate surface area is 134 Å². The van der Waals surface area contributed by atoms with Gasteiger partial charge in [0.2, 0.25) is 0 Å². The van der Waals surface area contributed by atoms with E-state index in [2.05, 4.69) is 27.8 Å². The molecule has 2 atom stereocenters. The van der Waals surface area contributed by atoms with E-state index in [1.54, 1.807) is 0 Å². The average molecular weight is 362 g/mol. The molecule has 1 heterocycles. The summed E-state index contributed by atoms with van der Waals surface area (Å²) >= 11 is 9.67. The van der Waals surface area contributed by atoms with Crippen molar-refractivity contribution in [3.8, 4) is 0 Å². The first kappa shape index (κ1) is 16.2. The maximum atomic E-state index is 6.28. The molecule has 0 amide bonds. The zero-order valence-electron chi connectivity index (χ0n) is 11.8. The van der Waals surface area contributed by atoms with Crippen LogP contribution in [0.4, 0.5) is 0 Å². The fraction of sp³-hybridized carbons (Fsp3) is 0.600. The topological polar surface area (TPSA) is 38.5 Å². The molecule has 2 unspecified atom stereocenters. The Balaban J connectivity index is 1.89. The molecule has 1 aliphatic heterocycles. The molecule has 0 spiro atoms. The van der Waals surface area contributed by atoms with Gasteiger partial charge in [0.1, 0.15) is 0 Å². The first-order valence-electron chi connectivity index (χ1n) is 7.10. The molecule has 3 nitrogen and oxygen atoms in total. The van der Waals surface area contributed by atoms with E-state index in [1.165, 1.54) is 0 Å². The van der Waals surface area contributed by atoms with Crippen LogP contribution in [0.2, 0.25) is 5.02 Å². The lowest BCUT2D eigenvalue weighted by molar-refractivity contribution is 0.0674. The van der Waals surface area contributed by atoms with Gasteiger partial charge in [-0.3, -0.25) is 0 Å². The first-order valence-corrected chi connectivity index (χ1v) is 8.28. The van der Waals surface area contributed by atoms with Crippen molar-refractivity contribution in [2.45, 2.75) is 31.9 Å². The quantitative estimate of drug-likeness (QED) is 0.890. The van der Waals surface area contributed by atoms with Crippen molar-refractivity contribution in [3.63, 3.8) is 0 Å². The van der Waals surface area contributed by atoms with E-state index in [4.69, 9.17) is 22.1 Å². The highest BCUT2D eigenvalue weighted by Crippen LogP contribution is 2.27. The monoisotopic (exact) mass is 360 g/mol. The summed E-state index contributed by atoms with van der Waals surface area (Å²) < 4.78 is 6.64. The minimum absolute atomic E-state index is 0.0184. The van der Waals surface area contributed by atoms with Crippen LogP contribution >= 0.6 is 27.5 Å². The van der Waals surface area contributed by atoms with Crippen molar-refractivity contribution >= 4 is 27.5 Å². The van der Waals surface area contributed by atoms with Crippen molar-refractivity contribution in [2.24, 2.45) is 5.73 Å². The van der Waals surface area contributed by atoms with Crippen LogP contribution in [-0.2, 0) is 4.74 Å². The van der Waals surface area contributed by atoms with Crippen LogP contribution in [0.1, 0.15) is 31.4 Å². The lowest BCUT2D eigenvalue weighted by atomic mass is 10.0. The number of halogens is 2. The summed E-state index contributed by atoms with van der Waals surface area (Å²) in [5.41, 5.74) is 7.30. The normalized spacial score (nSPS) is 22.5. The fourth-order valence-electron chi connectivity index (χ4n) is 2.56. The van der Waals surface area contributed by atoms with E-state index >= 15 is 0 Å². The number of rotatable bonds is 4. The van der Waals surface area contributed by atoms with E-state index in [-0.39, 0.29) is 6.04 Å². The maximum Gasteiger partial charge on any atom is 0.0673 e.